The lowest BCUT2D eigenvalue weighted by molar-refractivity contribution is -0.136. The van der Waals surface area contributed by atoms with Crippen LogP contribution in [0, 0.1) is 5.92 Å². The molecule has 8 nitrogen and oxygen atoms in total. The maximum atomic E-state index is 13.5. The van der Waals surface area contributed by atoms with Gasteiger partial charge in [-0.3, -0.25) is 14.5 Å². The highest BCUT2D eigenvalue weighted by atomic mass is 16.6. The van der Waals surface area contributed by atoms with Crippen LogP contribution in [0.5, 0.6) is 0 Å². The SMILES string of the molecule is CCNC(=O)CN1CCCN(C(=O)[C@H]2CCCCCC[C@@H]2NC(=O)OC(C)(C)C)CC1. The molecule has 2 aliphatic rings. The number of nitrogens with one attached hydrogen (secondary N) is 2. The van der Waals surface area contributed by atoms with Crippen molar-refractivity contribution in [2.24, 2.45) is 5.92 Å². The van der Waals surface area contributed by atoms with E-state index in [1.165, 1.54) is 0 Å². The Hall–Kier alpha value is -1.83. The van der Waals surface area contributed by atoms with Gasteiger partial charge in [0.2, 0.25) is 11.8 Å². The van der Waals surface area contributed by atoms with Gasteiger partial charge in [-0.2, -0.15) is 0 Å². The normalized spacial score (nSPS) is 23.8. The van der Waals surface area contributed by atoms with Crippen LogP contribution in [0.3, 0.4) is 0 Å². The zero-order valence-corrected chi connectivity index (χ0v) is 19.9. The fourth-order valence-electron chi connectivity index (χ4n) is 4.45. The predicted octanol–water partition coefficient (Wildman–Crippen LogP) is 2.52. The second-order valence-corrected chi connectivity index (χ2v) is 9.76. The van der Waals surface area contributed by atoms with Crippen molar-refractivity contribution in [1.29, 1.82) is 0 Å². The number of alkyl carbamates (subject to hydrolysis) is 1. The van der Waals surface area contributed by atoms with Crippen LogP contribution in [0.1, 0.15) is 72.6 Å². The van der Waals surface area contributed by atoms with Gasteiger partial charge in [-0.1, -0.05) is 25.7 Å². The van der Waals surface area contributed by atoms with Gasteiger partial charge < -0.3 is 20.3 Å². The van der Waals surface area contributed by atoms with Crippen molar-refractivity contribution in [1.82, 2.24) is 20.4 Å². The molecule has 0 aromatic rings. The molecule has 1 saturated heterocycles. The van der Waals surface area contributed by atoms with E-state index in [0.717, 1.165) is 51.5 Å². The summed E-state index contributed by atoms with van der Waals surface area (Å²) in [5.41, 5.74) is -0.566. The van der Waals surface area contributed by atoms with E-state index in [-0.39, 0.29) is 23.8 Å². The van der Waals surface area contributed by atoms with Crippen LogP contribution in [0.25, 0.3) is 0 Å². The first-order valence-electron chi connectivity index (χ1n) is 12.0. The maximum Gasteiger partial charge on any atom is 0.407 e. The van der Waals surface area contributed by atoms with Gasteiger partial charge in [0.25, 0.3) is 0 Å². The zero-order chi connectivity index (χ0) is 22.9. The molecular formula is C23H42N4O4. The highest BCUT2D eigenvalue weighted by Crippen LogP contribution is 2.26. The second-order valence-electron chi connectivity index (χ2n) is 9.76. The topological polar surface area (TPSA) is 91.0 Å². The monoisotopic (exact) mass is 438 g/mol. The lowest BCUT2D eigenvalue weighted by atomic mass is 9.85. The molecule has 1 saturated carbocycles. The maximum absolute atomic E-state index is 13.5. The Morgan fingerprint density at radius 1 is 0.935 bits per heavy atom. The number of hydrogen-bond acceptors (Lipinski definition) is 5. The second kappa shape index (κ2) is 12.3. The van der Waals surface area contributed by atoms with Gasteiger partial charge in [0, 0.05) is 38.8 Å². The van der Waals surface area contributed by atoms with Crippen molar-refractivity contribution in [3.05, 3.63) is 0 Å². The number of carbonyl (C=O) groups is 3. The Labute approximate surface area is 187 Å². The molecule has 2 atom stereocenters. The summed E-state index contributed by atoms with van der Waals surface area (Å²) in [4.78, 5) is 41.9. The molecular weight excluding hydrogens is 396 g/mol. The molecule has 8 heteroatoms. The fraction of sp³-hybridized carbons (Fsp3) is 0.870. The summed E-state index contributed by atoms with van der Waals surface area (Å²) in [5.74, 6) is -0.0607. The first-order chi connectivity index (χ1) is 14.7. The number of ether oxygens (including phenoxy) is 1. The average Bonchev–Trinajstić information content (AvgIpc) is 2.88. The van der Waals surface area contributed by atoms with E-state index < -0.39 is 11.7 Å². The van der Waals surface area contributed by atoms with Gasteiger partial charge in [0.05, 0.1) is 12.5 Å². The van der Waals surface area contributed by atoms with E-state index in [0.29, 0.717) is 32.7 Å². The van der Waals surface area contributed by atoms with E-state index >= 15 is 0 Å². The van der Waals surface area contributed by atoms with E-state index in [9.17, 15) is 14.4 Å². The van der Waals surface area contributed by atoms with Crippen molar-refractivity contribution in [3.8, 4) is 0 Å². The van der Waals surface area contributed by atoms with Crippen LogP contribution < -0.4 is 10.6 Å². The third-order valence-corrected chi connectivity index (χ3v) is 5.93. The standard InChI is InChI=1S/C23H42N4O4/c1-5-24-20(28)17-26-13-10-14-27(16-15-26)21(29)18-11-8-6-7-9-12-19(18)25-22(30)31-23(2,3)4/h18-19H,5-17H2,1-4H3,(H,24,28)(H,25,30)/t18-,19-/m0/s1. The molecule has 178 valence electrons. The summed E-state index contributed by atoms with van der Waals surface area (Å²) < 4.78 is 5.46. The summed E-state index contributed by atoms with van der Waals surface area (Å²) in [7, 11) is 0. The number of hydrogen-bond donors (Lipinski definition) is 2. The highest BCUT2D eigenvalue weighted by Gasteiger charge is 2.34. The molecule has 31 heavy (non-hydrogen) atoms. The van der Waals surface area contributed by atoms with E-state index in [4.69, 9.17) is 4.74 Å². The van der Waals surface area contributed by atoms with Crippen LogP contribution in [0.4, 0.5) is 4.79 Å². The Bertz CT molecular complexity index is 605. The molecule has 0 aromatic carbocycles. The Morgan fingerprint density at radius 2 is 1.65 bits per heavy atom. The fourth-order valence-corrected chi connectivity index (χ4v) is 4.45. The molecule has 2 N–H and O–H groups in total. The summed E-state index contributed by atoms with van der Waals surface area (Å²) in [5, 5.41) is 5.84. The van der Waals surface area contributed by atoms with Crippen molar-refractivity contribution in [3.63, 3.8) is 0 Å². The first kappa shape index (κ1) is 25.4. The van der Waals surface area contributed by atoms with E-state index in [1.54, 1.807) is 0 Å². The lowest BCUT2D eigenvalue weighted by Crippen LogP contribution is -2.50. The first-order valence-corrected chi connectivity index (χ1v) is 12.0. The van der Waals surface area contributed by atoms with Gasteiger partial charge in [-0.05, 0) is 47.0 Å². The molecule has 3 amide bonds. The van der Waals surface area contributed by atoms with Gasteiger partial charge in [0.1, 0.15) is 5.60 Å². The van der Waals surface area contributed by atoms with E-state index in [2.05, 4.69) is 15.5 Å². The van der Waals surface area contributed by atoms with Crippen molar-refractivity contribution in [2.45, 2.75) is 84.3 Å². The van der Waals surface area contributed by atoms with Crippen LogP contribution >= 0.6 is 0 Å². The number of likely N-dealkylation sites (N-methyl/N-ethyl adjacent to an activating group) is 1. The molecule has 1 heterocycles. The summed E-state index contributed by atoms with van der Waals surface area (Å²) in [6.45, 7) is 11.3. The van der Waals surface area contributed by atoms with Gasteiger partial charge in [0.15, 0.2) is 0 Å². The molecule has 0 bridgehead atoms. The molecule has 0 radical (unpaired) electrons. The molecule has 2 rings (SSSR count). The third kappa shape index (κ3) is 9.05. The van der Waals surface area contributed by atoms with Gasteiger partial charge >= 0.3 is 6.09 Å². The summed E-state index contributed by atoms with van der Waals surface area (Å²) >= 11 is 0. The van der Waals surface area contributed by atoms with Crippen LogP contribution in [0.15, 0.2) is 0 Å². The average molecular weight is 439 g/mol. The Balaban J connectivity index is 2.00. The smallest absolute Gasteiger partial charge is 0.407 e. The van der Waals surface area contributed by atoms with Crippen molar-refractivity contribution >= 4 is 17.9 Å². The predicted molar refractivity (Wildman–Crippen MR) is 121 cm³/mol. The minimum absolute atomic E-state index is 0.0314. The van der Waals surface area contributed by atoms with Crippen molar-refractivity contribution in [2.75, 3.05) is 39.3 Å². The lowest BCUT2D eigenvalue weighted by Gasteiger charge is -2.33. The van der Waals surface area contributed by atoms with Crippen LogP contribution in [0.2, 0.25) is 0 Å². The quantitative estimate of drug-likeness (QED) is 0.688. The van der Waals surface area contributed by atoms with Crippen LogP contribution in [-0.4, -0.2) is 78.6 Å². The molecule has 0 aromatic heterocycles. The largest absolute Gasteiger partial charge is 0.444 e. The van der Waals surface area contributed by atoms with E-state index in [1.807, 2.05) is 32.6 Å². The minimum Gasteiger partial charge on any atom is -0.444 e. The van der Waals surface area contributed by atoms with Crippen LogP contribution in [-0.2, 0) is 14.3 Å². The number of rotatable bonds is 5. The Morgan fingerprint density at radius 3 is 2.32 bits per heavy atom. The summed E-state index contributed by atoms with van der Waals surface area (Å²) in [6, 6.07) is -0.197. The molecule has 1 aliphatic heterocycles. The number of carbonyl (C=O) groups excluding carboxylic acids is 3. The molecule has 2 fully saturated rings. The minimum atomic E-state index is -0.566. The third-order valence-electron chi connectivity index (χ3n) is 5.93. The van der Waals surface area contributed by atoms with Gasteiger partial charge in [-0.15, -0.1) is 0 Å². The molecule has 0 spiro atoms. The zero-order valence-electron chi connectivity index (χ0n) is 19.9. The number of amides is 3. The van der Waals surface area contributed by atoms with Gasteiger partial charge in [-0.25, -0.2) is 4.79 Å². The summed E-state index contributed by atoms with van der Waals surface area (Å²) in [6.07, 6.45) is 6.26. The molecule has 0 unspecified atom stereocenters. The van der Waals surface area contributed by atoms with Crippen molar-refractivity contribution < 1.29 is 19.1 Å². The Kier molecular flexibility index (Phi) is 10.1. The molecule has 1 aliphatic carbocycles. The number of nitrogens with zero attached hydrogens (tertiary/aromatic N) is 2. The highest BCUT2D eigenvalue weighted by molar-refractivity contribution is 5.81.